The summed E-state index contributed by atoms with van der Waals surface area (Å²) in [6.45, 7) is -0.0549. The number of ether oxygens (including phenoxy) is 1. The molecule has 0 spiro atoms. The summed E-state index contributed by atoms with van der Waals surface area (Å²) in [5.74, 6) is -2.71. The Morgan fingerprint density at radius 2 is 2.14 bits per heavy atom. The maximum absolute atomic E-state index is 14.3. The van der Waals surface area contributed by atoms with Gasteiger partial charge in [-0.2, -0.15) is 18.3 Å². The average Bonchev–Trinajstić information content (AvgIpc) is 3.31. The highest BCUT2D eigenvalue weighted by atomic mass is 127. The molecule has 0 N–H and O–H groups in total. The fourth-order valence-corrected chi connectivity index (χ4v) is 3.66. The number of hydrogen-bond acceptors (Lipinski definition) is 3. The van der Waals surface area contributed by atoms with Crippen molar-refractivity contribution in [3.05, 3.63) is 15.0 Å². The normalized spacial score (nSPS) is 25.9. The minimum absolute atomic E-state index is 0.0106. The van der Waals surface area contributed by atoms with Crippen molar-refractivity contribution in [3.8, 4) is 0 Å². The van der Waals surface area contributed by atoms with Crippen LogP contribution in [-0.2, 0) is 17.0 Å². The van der Waals surface area contributed by atoms with Crippen LogP contribution in [0.2, 0.25) is 0 Å². The first-order valence-electron chi connectivity index (χ1n) is 6.78. The second-order valence-electron chi connectivity index (χ2n) is 5.79. The summed E-state index contributed by atoms with van der Waals surface area (Å²) in [5.41, 5.74) is -1.38. The van der Waals surface area contributed by atoms with Crippen molar-refractivity contribution in [2.24, 2.45) is 11.8 Å². The van der Waals surface area contributed by atoms with Gasteiger partial charge in [0.05, 0.1) is 16.6 Å². The van der Waals surface area contributed by atoms with E-state index in [4.69, 9.17) is 0 Å². The molecule has 122 valence electrons. The van der Waals surface area contributed by atoms with E-state index in [1.54, 1.807) is 0 Å². The van der Waals surface area contributed by atoms with Crippen molar-refractivity contribution < 1.29 is 27.1 Å². The smallest absolute Gasteiger partial charge is 0.392 e. The molecule has 0 saturated heterocycles. The summed E-state index contributed by atoms with van der Waals surface area (Å²) in [6.07, 6.45) is -3.60. The first-order valence-corrected chi connectivity index (χ1v) is 7.86. The highest BCUT2D eigenvalue weighted by Gasteiger charge is 2.56. The average molecular weight is 432 g/mol. The summed E-state index contributed by atoms with van der Waals surface area (Å²) in [5, 5.41) is 4.08. The van der Waals surface area contributed by atoms with Crippen molar-refractivity contribution in [1.82, 2.24) is 9.78 Å². The van der Waals surface area contributed by atoms with Crippen molar-refractivity contribution in [2.45, 2.75) is 37.7 Å². The SMILES string of the molecule is COC(=O)c1c(I)c(C2(F)CC2)nn1C[C@@H]1C[C@H]1C(F)(F)F. The second kappa shape index (κ2) is 5.07. The van der Waals surface area contributed by atoms with Gasteiger partial charge in [0.2, 0.25) is 0 Å². The van der Waals surface area contributed by atoms with Crippen LogP contribution >= 0.6 is 22.6 Å². The van der Waals surface area contributed by atoms with Crippen molar-refractivity contribution in [3.63, 3.8) is 0 Å². The molecule has 2 aliphatic rings. The van der Waals surface area contributed by atoms with Gasteiger partial charge in [0, 0.05) is 6.54 Å². The molecule has 0 radical (unpaired) electrons. The van der Waals surface area contributed by atoms with Gasteiger partial charge in [0.25, 0.3) is 0 Å². The number of alkyl halides is 4. The lowest BCUT2D eigenvalue weighted by molar-refractivity contribution is -0.151. The minimum Gasteiger partial charge on any atom is -0.464 e. The van der Waals surface area contributed by atoms with Crippen molar-refractivity contribution in [1.29, 1.82) is 0 Å². The van der Waals surface area contributed by atoms with E-state index in [1.807, 2.05) is 22.6 Å². The van der Waals surface area contributed by atoms with Gasteiger partial charge in [-0.15, -0.1) is 0 Å². The molecule has 3 rings (SSSR count). The number of hydrogen-bond donors (Lipinski definition) is 0. The molecule has 4 nitrogen and oxygen atoms in total. The molecule has 0 aliphatic heterocycles. The minimum atomic E-state index is -4.24. The summed E-state index contributed by atoms with van der Waals surface area (Å²) in [6, 6.07) is 0. The molecule has 1 heterocycles. The molecule has 2 aliphatic carbocycles. The number of rotatable bonds is 4. The lowest BCUT2D eigenvalue weighted by Gasteiger charge is -2.07. The van der Waals surface area contributed by atoms with E-state index >= 15 is 0 Å². The molecular formula is C13H13F4IN2O2. The Balaban J connectivity index is 1.89. The molecule has 1 aromatic rings. The Morgan fingerprint density at radius 1 is 1.50 bits per heavy atom. The van der Waals surface area contributed by atoms with E-state index in [0.29, 0.717) is 16.4 Å². The number of nitrogens with zero attached hydrogens (tertiary/aromatic N) is 2. The zero-order valence-electron chi connectivity index (χ0n) is 11.6. The van der Waals surface area contributed by atoms with Gasteiger partial charge in [-0.05, 0) is 47.8 Å². The van der Waals surface area contributed by atoms with Gasteiger partial charge >= 0.3 is 12.1 Å². The molecular weight excluding hydrogens is 419 g/mol. The van der Waals surface area contributed by atoms with Crippen LogP contribution < -0.4 is 0 Å². The van der Waals surface area contributed by atoms with E-state index in [2.05, 4.69) is 9.84 Å². The third-order valence-electron chi connectivity index (χ3n) is 4.14. The Bertz CT molecular complexity index is 624. The Labute approximate surface area is 137 Å². The molecule has 0 aromatic carbocycles. The fraction of sp³-hybridized carbons (Fsp3) is 0.692. The lowest BCUT2D eigenvalue weighted by atomic mass is 10.2. The van der Waals surface area contributed by atoms with Gasteiger partial charge in [0.1, 0.15) is 5.69 Å². The summed E-state index contributed by atoms with van der Waals surface area (Å²) < 4.78 is 58.3. The number of methoxy groups -OCH3 is 1. The summed E-state index contributed by atoms with van der Waals surface area (Å²) in [7, 11) is 1.17. The Kier molecular flexibility index (Phi) is 3.69. The van der Waals surface area contributed by atoms with E-state index in [-0.39, 0.29) is 24.4 Å². The third-order valence-corrected chi connectivity index (χ3v) is 5.16. The molecule has 2 atom stereocenters. The van der Waals surface area contributed by atoms with Crippen molar-refractivity contribution >= 4 is 28.6 Å². The van der Waals surface area contributed by atoms with Gasteiger partial charge in [-0.1, -0.05) is 0 Å². The van der Waals surface area contributed by atoms with E-state index in [1.165, 1.54) is 11.8 Å². The van der Waals surface area contributed by atoms with Crippen LogP contribution in [0, 0.1) is 15.4 Å². The Morgan fingerprint density at radius 3 is 2.59 bits per heavy atom. The first kappa shape index (κ1) is 16.0. The highest BCUT2D eigenvalue weighted by Crippen LogP contribution is 2.53. The van der Waals surface area contributed by atoms with Crippen LogP contribution in [0.1, 0.15) is 35.4 Å². The van der Waals surface area contributed by atoms with E-state index in [9.17, 15) is 22.4 Å². The van der Waals surface area contributed by atoms with Crippen LogP contribution in [0.15, 0.2) is 0 Å². The van der Waals surface area contributed by atoms with Crippen LogP contribution in [0.25, 0.3) is 0 Å². The van der Waals surface area contributed by atoms with Gasteiger partial charge in [0.15, 0.2) is 11.4 Å². The van der Waals surface area contributed by atoms with Crippen LogP contribution in [-0.4, -0.2) is 29.0 Å². The van der Waals surface area contributed by atoms with Gasteiger partial charge in [-0.25, -0.2) is 9.18 Å². The number of aromatic nitrogens is 2. The molecule has 22 heavy (non-hydrogen) atoms. The topological polar surface area (TPSA) is 44.1 Å². The standard InChI is InChI=1S/C13H13F4IN2O2/c1-22-11(21)9-8(18)10(12(14)2-3-12)19-20(9)5-6-4-7(6)13(15,16)17/h6-7H,2-5H2,1H3/t6-,7+/m0/s1. The summed E-state index contributed by atoms with van der Waals surface area (Å²) in [4.78, 5) is 11.9. The number of halogens is 5. The predicted molar refractivity (Wildman–Crippen MR) is 76.0 cm³/mol. The molecule has 0 amide bonds. The largest absolute Gasteiger partial charge is 0.464 e. The Hall–Kier alpha value is -0.870. The number of carbonyl (C=O) groups excluding carboxylic acids is 1. The predicted octanol–water partition coefficient (Wildman–Crippen LogP) is 3.43. The maximum Gasteiger partial charge on any atom is 0.392 e. The molecule has 1 aromatic heterocycles. The van der Waals surface area contributed by atoms with Gasteiger partial charge in [-0.3, -0.25) is 4.68 Å². The molecule has 9 heteroatoms. The van der Waals surface area contributed by atoms with Gasteiger partial charge < -0.3 is 4.74 Å². The van der Waals surface area contributed by atoms with E-state index in [0.717, 1.165) is 0 Å². The van der Waals surface area contributed by atoms with Crippen LogP contribution in [0.3, 0.4) is 0 Å². The number of esters is 1. The quantitative estimate of drug-likeness (QED) is 0.416. The second-order valence-corrected chi connectivity index (χ2v) is 6.87. The monoisotopic (exact) mass is 432 g/mol. The molecule has 0 unspecified atom stereocenters. The molecule has 2 saturated carbocycles. The van der Waals surface area contributed by atoms with E-state index < -0.39 is 29.7 Å². The first-order chi connectivity index (χ1) is 10.2. The van der Waals surface area contributed by atoms with Crippen molar-refractivity contribution in [2.75, 3.05) is 7.11 Å². The summed E-state index contributed by atoms with van der Waals surface area (Å²) >= 11 is 1.81. The zero-order chi connectivity index (χ0) is 16.3. The van der Waals surface area contributed by atoms with Crippen LogP contribution in [0.5, 0.6) is 0 Å². The maximum atomic E-state index is 14.3. The molecule has 0 bridgehead atoms. The zero-order valence-corrected chi connectivity index (χ0v) is 13.7. The fourth-order valence-electron chi connectivity index (χ4n) is 2.57. The number of carbonyl (C=O) groups is 1. The highest BCUT2D eigenvalue weighted by molar-refractivity contribution is 14.1. The lowest BCUT2D eigenvalue weighted by Crippen LogP contribution is -2.17. The molecule has 2 fully saturated rings. The third kappa shape index (κ3) is 2.71. The van der Waals surface area contributed by atoms with Crippen LogP contribution in [0.4, 0.5) is 17.6 Å².